The van der Waals surface area contributed by atoms with Gasteiger partial charge in [-0.25, -0.2) is 4.39 Å². The molecule has 0 saturated carbocycles. The highest BCUT2D eigenvalue weighted by atomic mass is 19.1. The van der Waals surface area contributed by atoms with Crippen molar-refractivity contribution >= 4 is 11.4 Å². The van der Waals surface area contributed by atoms with E-state index in [9.17, 15) is 9.50 Å². The van der Waals surface area contributed by atoms with E-state index in [4.69, 9.17) is 0 Å². The quantitative estimate of drug-likeness (QED) is 0.877. The fraction of sp³-hybridized carbons (Fsp3) is 0.143. The summed E-state index contributed by atoms with van der Waals surface area (Å²) in [6.45, 7) is -0.176. The molecule has 1 N–H and O–H groups in total. The Labute approximate surface area is 99.9 Å². The van der Waals surface area contributed by atoms with E-state index in [0.29, 0.717) is 5.56 Å². The van der Waals surface area contributed by atoms with Crippen molar-refractivity contribution in [2.75, 3.05) is 11.9 Å². The van der Waals surface area contributed by atoms with Crippen LogP contribution in [0.4, 0.5) is 15.8 Å². The van der Waals surface area contributed by atoms with Crippen molar-refractivity contribution in [3.63, 3.8) is 0 Å². The number of aliphatic hydroxyl groups excluding tert-OH is 1. The average Bonchev–Trinajstić information content (AvgIpc) is 2.39. The molecule has 2 aromatic carbocycles. The minimum atomic E-state index is -0.334. The fourth-order valence-electron chi connectivity index (χ4n) is 1.80. The molecule has 0 unspecified atom stereocenters. The Balaban J connectivity index is 2.40. The number of para-hydroxylation sites is 1. The van der Waals surface area contributed by atoms with Gasteiger partial charge in [-0.15, -0.1) is 0 Å². The highest BCUT2D eigenvalue weighted by Crippen LogP contribution is 2.27. The zero-order chi connectivity index (χ0) is 12.3. The predicted octanol–water partition coefficient (Wildman–Crippen LogP) is 3.09. The van der Waals surface area contributed by atoms with Gasteiger partial charge in [0.25, 0.3) is 0 Å². The van der Waals surface area contributed by atoms with E-state index in [1.165, 1.54) is 12.1 Å². The molecule has 17 heavy (non-hydrogen) atoms. The molecule has 0 spiro atoms. The molecule has 0 aliphatic heterocycles. The summed E-state index contributed by atoms with van der Waals surface area (Å²) in [5, 5.41) is 9.25. The van der Waals surface area contributed by atoms with E-state index >= 15 is 0 Å². The second-order valence-corrected chi connectivity index (χ2v) is 3.83. The summed E-state index contributed by atoms with van der Waals surface area (Å²) in [4.78, 5) is 1.92. The lowest BCUT2D eigenvalue weighted by molar-refractivity contribution is 0.281. The van der Waals surface area contributed by atoms with Gasteiger partial charge in [-0.3, -0.25) is 0 Å². The third-order valence-corrected chi connectivity index (χ3v) is 2.72. The van der Waals surface area contributed by atoms with Crippen molar-refractivity contribution in [1.29, 1.82) is 0 Å². The molecule has 0 saturated heterocycles. The number of halogens is 1. The first-order valence-electron chi connectivity index (χ1n) is 5.40. The van der Waals surface area contributed by atoms with Gasteiger partial charge in [-0.1, -0.05) is 18.2 Å². The van der Waals surface area contributed by atoms with E-state index in [0.717, 1.165) is 11.4 Å². The third-order valence-electron chi connectivity index (χ3n) is 2.72. The van der Waals surface area contributed by atoms with E-state index in [1.807, 2.05) is 42.3 Å². The van der Waals surface area contributed by atoms with Crippen LogP contribution in [0.1, 0.15) is 5.56 Å². The van der Waals surface area contributed by atoms with Crippen molar-refractivity contribution < 1.29 is 9.50 Å². The molecular weight excluding hydrogens is 217 g/mol. The van der Waals surface area contributed by atoms with Crippen molar-refractivity contribution in [3.8, 4) is 0 Å². The maximum absolute atomic E-state index is 13.1. The maximum atomic E-state index is 13.1. The number of rotatable bonds is 3. The summed E-state index contributed by atoms with van der Waals surface area (Å²) in [6, 6.07) is 14.2. The molecule has 2 nitrogen and oxygen atoms in total. The van der Waals surface area contributed by atoms with Crippen molar-refractivity contribution in [2.45, 2.75) is 6.61 Å². The third kappa shape index (κ3) is 2.45. The minimum Gasteiger partial charge on any atom is -0.392 e. The van der Waals surface area contributed by atoms with Crippen LogP contribution in [0.3, 0.4) is 0 Å². The van der Waals surface area contributed by atoms with Gasteiger partial charge in [-0.05, 0) is 30.3 Å². The van der Waals surface area contributed by atoms with Gasteiger partial charge in [0, 0.05) is 24.0 Å². The molecule has 88 valence electrons. The van der Waals surface area contributed by atoms with Crippen LogP contribution in [0.15, 0.2) is 48.5 Å². The van der Waals surface area contributed by atoms with Crippen LogP contribution >= 0.6 is 0 Å². The lowest BCUT2D eigenvalue weighted by atomic mass is 10.1. The van der Waals surface area contributed by atoms with Crippen LogP contribution in [0.5, 0.6) is 0 Å². The van der Waals surface area contributed by atoms with Crippen LogP contribution in [-0.2, 0) is 6.61 Å². The zero-order valence-corrected chi connectivity index (χ0v) is 9.60. The summed E-state index contributed by atoms with van der Waals surface area (Å²) in [5.74, 6) is -0.334. The SMILES string of the molecule is CN(c1ccccc1)c1ccc(F)cc1CO. The number of benzene rings is 2. The van der Waals surface area contributed by atoms with Crippen LogP contribution in [-0.4, -0.2) is 12.2 Å². The fourth-order valence-corrected chi connectivity index (χ4v) is 1.80. The Hall–Kier alpha value is -1.87. The van der Waals surface area contributed by atoms with E-state index in [1.54, 1.807) is 6.07 Å². The molecule has 0 aromatic heterocycles. The molecule has 0 bridgehead atoms. The Morgan fingerprint density at radius 2 is 1.82 bits per heavy atom. The predicted molar refractivity (Wildman–Crippen MR) is 66.8 cm³/mol. The Morgan fingerprint density at radius 3 is 2.47 bits per heavy atom. The summed E-state index contributed by atoms with van der Waals surface area (Å²) in [6.07, 6.45) is 0. The van der Waals surface area contributed by atoms with Crippen molar-refractivity contribution in [2.24, 2.45) is 0 Å². The largest absolute Gasteiger partial charge is 0.392 e. The summed E-state index contributed by atoms with van der Waals surface area (Å²) < 4.78 is 13.1. The van der Waals surface area contributed by atoms with Crippen molar-refractivity contribution in [1.82, 2.24) is 0 Å². The van der Waals surface area contributed by atoms with Crippen molar-refractivity contribution in [3.05, 3.63) is 59.9 Å². The Bertz CT molecular complexity index is 499. The maximum Gasteiger partial charge on any atom is 0.123 e. The number of nitrogens with zero attached hydrogens (tertiary/aromatic N) is 1. The van der Waals surface area contributed by atoms with Crippen LogP contribution in [0.2, 0.25) is 0 Å². The smallest absolute Gasteiger partial charge is 0.123 e. The van der Waals surface area contributed by atoms with Crippen LogP contribution < -0.4 is 4.90 Å². The number of hydrogen-bond donors (Lipinski definition) is 1. The standard InChI is InChI=1S/C14H14FNO/c1-16(13-5-3-2-4-6-13)14-8-7-12(15)9-11(14)10-17/h2-9,17H,10H2,1H3. The summed E-state index contributed by atoms with van der Waals surface area (Å²) in [7, 11) is 1.89. The topological polar surface area (TPSA) is 23.5 Å². The van der Waals surface area contributed by atoms with Gasteiger partial charge in [-0.2, -0.15) is 0 Å². The molecule has 0 aliphatic rings. The van der Waals surface area contributed by atoms with E-state index < -0.39 is 0 Å². The monoisotopic (exact) mass is 231 g/mol. The van der Waals surface area contributed by atoms with Crippen LogP contribution in [0.25, 0.3) is 0 Å². The second kappa shape index (κ2) is 4.97. The molecule has 2 rings (SSSR count). The first-order chi connectivity index (χ1) is 8.22. The average molecular weight is 231 g/mol. The number of anilines is 2. The van der Waals surface area contributed by atoms with Gasteiger partial charge >= 0.3 is 0 Å². The Morgan fingerprint density at radius 1 is 1.12 bits per heavy atom. The van der Waals surface area contributed by atoms with Gasteiger partial charge in [0.05, 0.1) is 6.61 Å². The molecule has 0 aliphatic carbocycles. The van der Waals surface area contributed by atoms with Gasteiger partial charge in [0.1, 0.15) is 5.82 Å². The molecule has 0 atom stereocenters. The van der Waals surface area contributed by atoms with Gasteiger partial charge in [0.15, 0.2) is 0 Å². The second-order valence-electron chi connectivity index (χ2n) is 3.83. The minimum absolute atomic E-state index is 0.176. The first kappa shape index (κ1) is 11.6. The summed E-state index contributed by atoms with van der Waals surface area (Å²) in [5.41, 5.74) is 2.38. The molecule has 2 aromatic rings. The number of hydrogen-bond acceptors (Lipinski definition) is 2. The molecule has 0 fully saturated rings. The molecule has 0 heterocycles. The van der Waals surface area contributed by atoms with E-state index in [-0.39, 0.29) is 12.4 Å². The highest BCUT2D eigenvalue weighted by molar-refractivity contribution is 5.65. The Kier molecular flexibility index (Phi) is 3.40. The highest BCUT2D eigenvalue weighted by Gasteiger charge is 2.09. The van der Waals surface area contributed by atoms with Gasteiger partial charge in [0.2, 0.25) is 0 Å². The molecule has 3 heteroatoms. The number of aliphatic hydroxyl groups is 1. The first-order valence-corrected chi connectivity index (χ1v) is 5.40. The van der Waals surface area contributed by atoms with E-state index in [2.05, 4.69) is 0 Å². The zero-order valence-electron chi connectivity index (χ0n) is 9.60. The summed E-state index contributed by atoms with van der Waals surface area (Å²) >= 11 is 0. The normalized spacial score (nSPS) is 10.3. The molecule has 0 amide bonds. The lowest BCUT2D eigenvalue weighted by Crippen LogP contribution is -2.11. The lowest BCUT2D eigenvalue weighted by Gasteiger charge is -2.22. The van der Waals surface area contributed by atoms with Crippen LogP contribution in [0, 0.1) is 5.82 Å². The molecular formula is C14H14FNO. The van der Waals surface area contributed by atoms with Gasteiger partial charge < -0.3 is 10.0 Å². The molecule has 0 radical (unpaired) electrons.